The monoisotopic (exact) mass is 1000 g/mol. The topological polar surface area (TPSA) is 459 Å². The summed E-state index contributed by atoms with van der Waals surface area (Å²) in [6, 6.07) is 0. The third-order valence-electron chi connectivity index (χ3n) is 7.91. The lowest BCUT2D eigenvalue weighted by molar-refractivity contribution is 0.0366. The van der Waals surface area contributed by atoms with Gasteiger partial charge in [-0.05, 0) is 0 Å². The smallest absolute Gasteiger partial charge is 0.117 e. The summed E-state index contributed by atoms with van der Waals surface area (Å²) in [6.07, 6.45) is -8.86. The van der Waals surface area contributed by atoms with Crippen molar-refractivity contribution in [1.29, 1.82) is 0 Å². The Balaban J connectivity index is -0.000000399. The van der Waals surface area contributed by atoms with Gasteiger partial charge < -0.3 is 87.6 Å². The second-order valence-corrected chi connectivity index (χ2v) is 14.5. The van der Waals surface area contributed by atoms with Crippen LogP contribution in [0.15, 0.2) is 0 Å². The van der Waals surface area contributed by atoms with Crippen molar-refractivity contribution in [2.75, 3.05) is 137 Å². The van der Waals surface area contributed by atoms with Gasteiger partial charge in [-0.2, -0.15) is 0 Å². The van der Waals surface area contributed by atoms with Crippen LogP contribution in [0, 0.1) is 0 Å². The molecule has 0 aromatic carbocycles. The minimum atomic E-state index is -0.945. The second-order valence-electron chi connectivity index (χ2n) is 13.9. The third kappa shape index (κ3) is 49.7. The lowest BCUT2D eigenvalue weighted by Crippen LogP contribution is -2.54. The van der Waals surface area contributed by atoms with E-state index in [0.29, 0.717) is 71.4 Å². The maximum Gasteiger partial charge on any atom is 0.117 e. The number of hydrogen-bond donors (Lipinski definition) is 25. The molecule has 12 unspecified atom stereocenters. The standard InChI is InChI=1S/C12H29ClN4O4.C10H25N5O5.C8H20N4O4.C3H5ClO.2CH4.H3N/c13-5-11(18)6-16-7-12(19)8-17-10-21-4-2-15-9-20-3-1-14;16-6-1-11-7(17)2-13-9(19)4-15-10(20)5-14-8(18)3-12-6;13-5-1-9-6(14)2-11-8(16)4-12-7(15)3-10-5;4-1-3-2-5-3;;;/h11-12,15-19H,1-10,14H2;6-20H,1-5H2;5-16H,1-4H2;3H,1-2H2;2*1H4;1H3. The molecule has 0 aromatic rings. The van der Waals surface area contributed by atoms with Gasteiger partial charge in [0.25, 0.3) is 0 Å². The lowest BCUT2D eigenvalue weighted by atomic mass is 10.3. The van der Waals surface area contributed by atoms with E-state index in [0.717, 1.165) is 6.61 Å². The molecule has 3 rings (SSSR count). The summed E-state index contributed by atoms with van der Waals surface area (Å²) >= 11 is 10.7. The van der Waals surface area contributed by atoms with Crippen molar-refractivity contribution >= 4 is 23.2 Å². The van der Waals surface area contributed by atoms with Crippen molar-refractivity contribution in [1.82, 2.24) is 70.0 Å². The largest absolute Gasteiger partial charge is 0.391 e. The molecule has 3 fully saturated rings. The van der Waals surface area contributed by atoms with Crippen LogP contribution in [0.5, 0.6) is 0 Å². The minimum Gasteiger partial charge on any atom is -0.391 e. The number of β-amino-alcohol motifs (C(OH)–C–C–N with tert-alkyl or cyclic N) is 9. The normalized spacial score (nSPS) is 29.3. The summed E-state index contributed by atoms with van der Waals surface area (Å²) < 4.78 is 15.2. The molecule has 3 saturated heterocycles. The van der Waals surface area contributed by atoms with E-state index in [-0.39, 0.29) is 85.8 Å². The molecule has 12 atom stereocenters. The van der Waals surface area contributed by atoms with E-state index >= 15 is 0 Å². The van der Waals surface area contributed by atoms with Crippen LogP contribution in [0.3, 0.4) is 0 Å². The van der Waals surface area contributed by atoms with Crippen molar-refractivity contribution in [2.24, 2.45) is 5.73 Å². The van der Waals surface area contributed by atoms with E-state index in [1.54, 1.807) is 0 Å². The number of nitrogens with two attached hydrogens (primary N) is 1. The Hall–Kier alpha value is -0.540. The fraction of sp³-hybridized carbons (Fsp3) is 1.00. The highest BCUT2D eigenvalue weighted by Gasteiger charge is 2.20. The first-order valence-electron chi connectivity index (χ1n) is 20.5. The summed E-state index contributed by atoms with van der Waals surface area (Å²) in [5, 5.41) is 137. The van der Waals surface area contributed by atoms with Crippen LogP contribution >= 0.6 is 23.2 Å². The molecule has 3 aliphatic heterocycles. The van der Waals surface area contributed by atoms with Gasteiger partial charge in [-0.3, -0.25) is 58.5 Å². The summed E-state index contributed by atoms with van der Waals surface area (Å²) in [5.74, 6) is 0.848. The summed E-state index contributed by atoms with van der Waals surface area (Å²) in [5.41, 5.74) is 5.27. The highest BCUT2D eigenvalue weighted by molar-refractivity contribution is 6.18. The summed E-state index contributed by atoms with van der Waals surface area (Å²) in [4.78, 5) is 0. The van der Waals surface area contributed by atoms with Gasteiger partial charge >= 0.3 is 0 Å². The first-order chi connectivity index (χ1) is 29.7. The highest BCUT2D eigenvalue weighted by Crippen LogP contribution is 2.08. The second kappa shape index (κ2) is 48.5. The molecular weight excluding hydrogens is 911 g/mol. The van der Waals surface area contributed by atoms with Crippen LogP contribution in [0.2, 0.25) is 0 Å². The molecule has 0 bridgehead atoms. The molecule has 0 spiro atoms. The number of halogens is 2. The van der Waals surface area contributed by atoms with Crippen molar-refractivity contribution in [3.8, 4) is 0 Å². The highest BCUT2D eigenvalue weighted by atomic mass is 35.5. The predicted molar refractivity (Wildman–Crippen MR) is 247 cm³/mol. The van der Waals surface area contributed by atoms with Crippen LogP contribution in [0.25, 0.3) is 0 Å². The number of hydrogen-bond acceptors (Lipinski definition) is 28. The first kappa shape index (κ1) is 71.0. The molecule has 3 heterocycles. The average Bonchev–Trinajstić information content (AvgIpc) is 4.11. The molecule has 0 aromatic heterocycles. The fourth-order valence-corrected chi connectivity index (χ4v) is 4.68. The van der Waals surface area contributed by atoms with E-state index in [1.807, 2.05) is 0 Å². The maximum atomic E-state index is 9.62. The quantitative estimate of drug-likeness (QED) is 0.0278. The Bertz CT molecular complexity index is 854. The summed E-state index contributed by atoms with van der Waals surface area (Å²) in [6.45, 7) is 6.14. The molecule has 3 aliphatic rings. The van der Waals surface area contributed by atoms with E-state index in [9.17, 15) is 56.2 Å². The lowest BCUT2D eigenvalue weighted by Gasteiger charge is -2.23. The number of nitrogens with one attached hydrogen (secondary N) is 12. The Labute approximate surface area is 394 Å². The van der Waals surface area contributed by atoms with Gasteiger partial charge in [-0.1, -0.05) is 14.9 Å². The van der Waals surface area contributed by atoms with Gasteiger partial charge in [-0.15, -0.1) is 23.2 Å². The van der Waals surface area contributed by atoms with E-state index in [4.69, 9.17) is 43.1 Å². The number of aliphatic hydroxyl groups excluding tert-OH is 11. The Kier molecular flexibility index (Phi) is 53.0. The molecular formula is C35H90Cl2N14O14. The molecule has 0 aliphatic carbocycles. The van der Waals surface area contributed by atoms with Gasteiger partial charge in [0.15, 0.2) is 0 Å². The van der Waals surface area contributed by atoms with E-state index in [1.165, 1.54) is 0 Å². The zero-order valence-electron chi connectivity index (χ0n) is 36.0. The molecule has 28 N–H and O–H groups in total. The zero-order valence-corrected chi connectivity index (χ0v) is 37.5. The number of epoxide rings is 1. The molecule has 65 heavy (non-hydrogen) atoms. The molecule has 0 saturated carbocycles. The number of ether oxygens (including phenoxy) is 3. The average molecular weight is 1000 g/mol. The van der Waals surface area contributed by atoms with Crippen molar-refractivity contribution < 1.29 is 70.4 Å². The van der Waals surface area contributed by atoms with Gasteiger partial charge in [-0.25, -0.2) is 0 Å². The predicted octanol–water partition coefficient (Wildman–Crippen LogP) is -10.1. The van der Waals surface area contributed by atoms with Crippen LogP contribution in [-0.2, 0) is 14.2 Å². The van der Waals surface area contributed by atoms with Crippen molar-refractivity contribution in [3.05, 3.63) is 0 Å². The van der Waals surface area contributed by atoms with Crippen LogP contribution < -0.4 is 75.7 Å². The fourth-order valence-electron chi connectivity index (χ4n) is 4.39. The Morgan fingerprint density at radius 3 is 1.08 bits per heavy atom. The van der Waals surface area contributed by atoms with Gasteiger partial charge in [0, 0.05) is 97.5 Å². The Morgan fingerprint density at radius 1 is 0.508 bits per heavy atom. The number of rotatable bonds is 17. The maximum absolute atomic E-state index is 9.62. The molecule has 0 radical (unpaired) electrons. The summed E-state index contributed by atoms with van der Waals surface area (Å²) in [7, 11) is 0. The Morgan fingerprint density at radius 2 is 0.800 bits per heavy atom. The number of aliphatic hydroxyl groups is 11. The van der Waals surface area contributed by atoms with E-state index < -0.39 is 68.3 Å². The molecule has 0 amide bonds. The number of alkyl halides is 2. The van der Waals surface area contributed by atoms with Gasteiger partial charge in [0.2, 0.25) is 0 Å². The molecule has 398 valence electrons. The van der Waals surface area contributed by atoms with Crippen LogP contribution in [0.4, 0.5) is 0 Å². The van der Waals surface area contributed by atoms with Crippen LogP contribution in [0.1, 0.15) is 14.9 Å². The van der Waals surface area contributed by atoms with Gasteiger partial charge in [0.05, 0.1) is 57.5 Å². The van der Waals surface area contributed by atoms with Crippen molar-refractivity contribution in [3.63, 3.8) is 0 Å². The minimum absolute atomic E-state index is 0. The first-order valence-corrected chi connectivity index (χ1v) is 21.6. The van der Waals surface area contributed by atoms with E-state index in [2.05, 4.69) is 63.8 Å². The zero-order chi connectivity index (χ0) is 46.4. The van der Waals surface area contributed by atoms with Crippen molar-refractivity contribution in [2.45, 2.75) is 89.2 Å². The van der Waals surface area contributed by atoms with Gasteiger partial charge in [0.1, 0.15) is 56.1 Å². The van der Waals surface area contributed by atoms with Crippen LogP contribution in [-0.4, -0.2) is 267 Å². The molecule has 28 nitrogen and oxygen atoms in total. The molecule has 30 heteroatoms. The SMILES string of the molecule is C.C.ClCC1CO1.N.NCCOCNCCOCNCC(O)CNCC(O)CCl.OC1CNC(O)CNC(O)CNC(O)CN1.OC1CNC(O)CNC(O)CNC(O)CNC(O)CN1. The third-order valence-corrected chi connectivity index (χ3v) is 8.61.